The fourth-order valence-corrected chi connectivity index (χ4v) is 2.01. The first kappa shape index (κ1) is 11.0. The van der Waals surface area contributed by atoms with Crippen LogP contribution >= 0.6 is 0 Å². The number of rotatable bonds is 4. The van der Waals surface area contributed by atoms with Crippen LogP contribution in [0.2, 0.25) is 0 Å². The lowest BCUT2D eigenvalue weighted by Crippen LogP contribution is -2.51. The quantitative estimate of drug-likeness (QED) is 0.726. The average Bonchev–Trinajstić information content (AvgIpc) is 2.18. The van der Waals surface area contributed by atoms with Gasteiger partial charge in [0.2, 0.25) is 0 Å². The molecule has 2 nitrogen and oxygen atoms in total. The summed E-state index contributed by atoms with van der Waals surface area (Å²) in [4.78, 5) is 0. The van der Waals surface area contributed by atoms with Crippen molar-refractivity contribution in [3.05, 3.63) is 0 Å². The molecule has 3 unspecified atom stereocenters. The summed E-state index contributed by atoms with van der Waals surface area (Å²) < 4.78 is 6.02. The fraction of sp³-hybridized carbons (Fsp3) is 1.00. The van der Waals surface area contributed by atoms with Crippen LogP contribution in [0.15, 0.2) is 0 Å². The van der Waals surface area contributed by atoms with Crippen LogP contribution in [0.1, 0.15) is 46.5 Å². The Balaban J connectivity index is 2.42. The maximum Gasteiger partial charge on any atom is 0.0732 e. The molecule has 0 aromatic carbocycles. The molecule has 1 heterocycles. The van der Waals surface area contributed by atoms with Crippen LogP contribution < -0.4 is 5.32 Å². The average molecular weight is 185 g/mol. The highest BCUT2D eigenvalue weighted by atomic mass is 16.5. The molecule has 0 spiro atoms. The van der Waals surface area contributed by atoms with Gasteiger partial charge in [-0.1, -0.05) is 27.2 Å². The predicted octanol–water partition coefficient (Wildman–Crippen LogP) is 2.33. The summed E-state index contributed by atoms with van der Waals surface area (Å²) in [6.07, 6.45) is 5.62. The molecule has 0 saturated carbocycles. The Morgan fingerprint density at radius 2 is 2.00 bits per heavy atom. The van der Waals surface area contributed by atoms with Gasteiger partial charge < -0.3 is 10.1 Å². The van der Waals surface area contributed by atoms with Crippen molar-refractivity contribution >= 4 is 0 Å². The number of hydrogen-bond acceptors (Lipinski definition) is 2. The summed E-state index contributed by atoms with van der Waals surface area (Å²) in [5, 5.41) is 3.58. The first-order valence-electron chi connectivity index (χ1n) is 5.70. The summed E-state index contributed by atoms with van der Waals surface area (Å²) in [7, 11) is 0. The van der Waals surface area contributed by atoms with Crippen LogP contribution in [0.25, 0.3) is 0 Å². The van der Waals surface area contributed by atoms with E-state index >= 15 is 0 Å². The lowest BCUT2D eigenvalue weighted by molar-refractivity contribution is -0.0680. The molecule has 0 bridgehead atoms. The van der Waals surface area contributed by atoms with Gasteiger partial charge in [-0.25, -0.2) is 0 Å². The van der Waals surface area contributed by atoms with Crippen LogP contribution in [0.5, 0.6) is 0 Å². The zero-order valence-corrected chi connectivity index (χ0v) is 9.18. The molecule has 2 heteroatoms. The highest BCUT2D eigenvalue weighted by Crippen LogP contribution is 2.18. The molecule has 1 aliphatic rings. The van der Waals surface area contributed by atoms with Gasteiger partial charge in [-0.15, -0.1) is 0 Å². The van der Waals surface area contributed by atoms with Gasteiger partial charge in [0, 0.05) is 12.6 Å². The third-order valence-electron chi connectivity index (χ3n) is 2.89. The maximum atomic E-state index is 6.02. The molecule has 1 N–H and O–H groups in total. The number of morpholine rings is 1. The lowest BCUT2D eigenvalue weighted by atomic mass is 10.0. The van der Waals surface area contributed by atoms with Crippen molar-refractivity contribution < 1.29 is 4.74 Å². The van der Waals surface area contributed by atoms with Crippen molar-refractivity contribution in [1.82, 2.24) is 5.32 Å². The van der Waals surface area contributed by atoms with Crippen molar-refractivity contribution in [1.29, 1.82) is 0 Å². The van der Waals surface area contributed by atoms with Gasteiger partial charge in [0.1, 0.15) is 0 Å². The fourth-order valence-electron chi connectivity index (χ4n) is 2.01. The minimum atomic E-state index is 0.444. The second-order valence-corrected chi connectivity index (χ2v) is 3.92. The Kier molecular flexibility index (Phi) is 4.74. The van der Waals surface area contributed by atoms with Crippen molar-refractivity contribution in [2.24, 2.45) is 0 Å². The number of nitrogens with one attached hydrogen (secondary N) is 1. The first-order valence-corrected chi connectivity index (χ1v) is 5.70. The van der Waals surface area contributed by atoms with Gasteiger partial charge in [-0.05, 0) is 19.3 Å². The molecule has 0 radical (unpaired) electrons. The molecule has 1 rings (SSSR count). The SMILES string of the molecule is CCCC1OC(CC)CNC1CC. The van der Waals surface area contributed by atoms with Crippen molar-refractivity contribution in [3.8, 4) is 0 Å². The van der Waals surface area contributed by atoms with E-state index in [-0.39, 0.29) is 0 Å². The van der Waals surface area contributed by atoms with Gasteiger partial charge in [-0.3, -0.25) is 0 Å². The molecule has 0 aromatic rings. The Bertz CT molecular complexity index is 138. The molecule has 0 amide bonds. The third kappa shape index (κ3) is 2.96. The smallest absolute Gasteiger partial charge is 0.0732 e. The lowest BCUT2D eigenvalue weighted by Gasteiger charge is -2.37. The Labute approximate surface area is 82.0 Å². The van der Waals surface area contributed by atoms with Crippen LogP contribution in [-0.2, 0) is 4.74 Å². The topological polar surface area (TPSA) is 21.3 Å². The van der Waals surface area contributed by atoms with E-state index in [9.17, 15) is 0 Å². The molecule has 13 heavy (non-hydrogen) atoms. The normalized spacial score (nSPS) is 34.8. The van der Waals surface area contributed by atoms with Gasteiger partial charge >= 0.3 is 0 Å². The minimum absolute atomic E-state index is 0.444. The van der Waals surface area contributed by atoms with Gasteiger partial charge in [0.05, 0.1) is 12.2 Å². The molecule has 1 fully saturated rings. The molecule has 1 saturated heterocycles. The van der Waals surface area contributed by atoms with E-state index in [0.717, 1.165) is 13.0 Å². The van der Waals surface area contributed by atoms with Gasteiger partial charge in [-0.2, -0.15) is 0 Å². The molecule has 0 aliphatic carbocycles. The second kappa shape index (κ2) is 5.61. The Morgan fingerprint density at radius 1 is 1.23 bits per heavy atom. The van der Waals surface area contributed by atoms with Gasteiger partial charge in [0.15, 0.2) is 0 Å². The number of ether oxygens (including phenoxy) is 1. The summed E-state index contributed by atoms with van der Waals surface area (Å²) in [5.41, 5.74) is 0. The highest BCUT2D eigenvalue weighted by molar-refractivity contribution is 4.83. The van der Waals surface area contributed by atoms with E-state index in [1.807, 2.05) is 0 Å². The highest BCUT2D eigenvalue weighted by Gasteiger charge is 2.27. The van der Waals surface area contributed by atoms with Crippen LogP contribution in [-0.4, -0.2) is 24.8 Å². The van der Waals surface area contributed by atoms with Crippen molar-refractivity contribution in [3.63, 3.8) is 0 Å². The summed E-state index contributed by atoms with van der Waals surface area (Å²) in [6, 6.07) is 0.586. The van der Waals surface area contributed by atoms with E-state index < -0.39 is 0 Å². The predicted molar refractivity (Wildman–Crippen MR) is 55.9 cm³/mol. The van der Waals surface area contributed by atoms with E-state index in [1.54, 1.807) is 0 Å². The maximum absolute atomic E-state index is 6.02. The summed E-state index contributed by atoms with van der Waals surface area (Å²) in [5.74, 6) is 0. The van der Waals surface area contributed by atoms with Crippen molar-refractivity contribution in [2.75, 3.05) is 6.54 Å². The van der Waals surface area contributed by atoms with Crippen LogP contribution in [0, 0.1) is 0 Å². The molecule has 0 aromatic heterocycles. The molecule has 3 atom stereocenters. The van der Waals surface area contributed by atoms with E-state index in [1.165, 1.54) is 19.3 Å². The molecule has 78 valence electrons. The van der Waals surface area contributed by atoms with Gasteiger partial charge in [0.25, 0.3) is 0 Å². The molecular weight excluding hydrogens is 162 g/mol. The van der Waals surface area contributed by atoms with E-state index in [0.29, 0.717) is 18.2 Å². The summed E-state index contributed by atoms with van der Waals surface area (Å²) in [6.45, 7) is 7.69. The second-order valence-electron chi connectivity index (χ2n) is 3.92. The largest absolute Gasteiger partial charge is 0.372 e. The zero-order valence-electron chi connectivity index (χ0n) is 9.18. The van der Waals surface area contributed by atoms with Crippen LogP contribution in [0.4, 0.5) is 0 Å². The zero-order chi connectivity index (χ0) is 9.68. The Hall–Kier alpha value is -0.0800. The van der Waals surface area contributed by atoms with Crippen LogP contribution in [0.3, 0.4) is 0 Å². The van der Waals surface area contributed by atoms with E-state index in [2.05, 4.69) is 26.1 Å². The monoisotopic (exact) mass is 185 g/mol. The molecule has 1 aliphatic heterocycles. The van der Waals surface area contributed by atoms with E-state index in [4.69, 9.17) is 4.74 Å². The molecular formula is C11H23NO. The van der Waals surface area contributed by atoms with Crippen molar-refractivity contribution in [2.45, 2.75) is 64.7 Å². The third-order valence-corrected chi connectivity index (χ3v) is 2.89. The minimum Gasteiger partial charge on any atom is -0.372 e. The first-order chi connectivity index (χ1) is 6.31. The standard InChI is InChI=1S/C11H23NO/c1-4-7-11-10(6-3)12-8-9(5-2)13-11/h9-12H,4-8H2,1-3H3. The number of hydrogen-bond donors (Lipinski definition) is 1. The summed E-state index contributed by atoms with van der Waals surface area (Å²) >= 11 is 0. The Morgan fingerprint density at radius 3 is 2.54 bits per heavy atom.